The average Bonchev–Trinajstić information content (AvgIpc) is 3.85. The van der Waals surface area contributed by atoms with Crippen LogP contribution in [-0.4, -0.2) is 61.5 Å². The summed E-state index contributed by atoms with van der Waals surface area (Å²) in [5.41, 5.74) is 3.92. The first-order chi connectivity index (χ1) is 23.3. The summed E-state index contributed by atoms with van der Waals surface area (Å²) in [6, 6.07) is 23.3. The van der Waals surface area contributed by atoms with Gasteiger partial charge in [-0.1, -0.05) is 80.1 Å². The van der Waals surface area contributed by atoms with Gasteiger partial charge in [0.25, 0.3) is 0 Å². The maximum atomic E-state index is 13.0. The van der Waals surface area contributed by atoms with Crippen LogP contribution in [0, 0.1) is 24.2 Å². The SMILES string of the molecule is CCC[C@]12CC([C@@H](NC(C(=O)O)c3ccccc3)c3ccccc3)C(OC)[C@@H]3Oc4c(OC)ccc(C)c4[C@@]31CCN(CC1CC1)C2C. The van der Waals surface area contributed by atoms with Gasteiger partial charge < -0.3 is 19.3 Å². The molecule has 4 aliphatic rings. The summed E-state index contributed by atoms with van der Waals surface area (Å²) >= 11 is 0. The molecule has 3 fully saturated rings. The molecular formula is C41H52N2O5. The highest BCUT2D eigenvalue weighted by Gasteiger charge is 2.72. The Morgan fingerprint density at radius 2 is 1.73 bits per heavy atom. The summed E-state index contributed by atoms with van der Waals surface area (Å²) in [5, 5.41) is 14.4. The van der Waals surface area contributed by atoms with E-state index in [0.29, 0.717) is 6.04 Å². The number of aliphatic carboxylic acids is 1. The molecule has 7 nitrogen and oxygen atoms in total. The van der Waals surface area contributed by atoms with E-state index in [1.165, 1.54) is 24.0 Å². The second-order valence-corrected chi connectivity index (χ2v) is 14.9. The number of rotatable bonds is 12. The quantitative estimate of drug-likeness (QED) is 0.210. The van der Waals surface area contributed by atoms with Crippen molar-refractivity contribution in [3.8, 4) is 11.5 Å². The van der Waals surface area contributed by atoms with Crippen LogP contribution >= 0.6 is 0 Å². The third-order valence-corrected chi connectivity index (χ3v) is 12.5. The smallest absolute Gasteiger partial charge is 0.325 e. The number of aryl methyl sites for hydroxylation is 1. The van der Waals surface area contributed by atoms with Crippen molar-refractivity contribution in [3.63, 3.8) is 0 Å². The lowest BCUT2D eigenvalue weighted by Gasteiger charge is -2.66. The monoisotopic (exact) mass is 652 g/mol. The van der Waals surface area contributed by atoms with Gasteiger partial charge in [0.05, 0.1) is 13.2 Å². The molecule has 7 heteroatoms. The van der Waals surface area contributed by atoms with E-state index in [1.807, 2.05) is 49.6 Å². The van der Waals surface area contributed by atoms with Gasteiger partial charge in [-0.3, -0.25) is 15.0 Å². The molecule has 8 atom stereocenters. The molecule has 48 heavy (non-hydrogen) atoms. The zero-order valence-corrected chi connectivity index (χ0v) is 29.2. The van der Waals surface area contributed by atoms with E-state index in [9.17, 15) is 9.90 Å². The van der Waals surface area contributed by atoms with Crippen molar-refractivity contribution in [1.29, 1.82) is 0 Å². The molecule has 1 saturated heterocycles. The Labute approximate surface area is 286 Å². The van der Waals surface area contributed by atoms with Gasteiger partial charge in [-0.15, -0.1) is 0 Å². The van der Waals surface area contributed by atoms with Crippen LogP contribution < -0.4 is 14.8 Å². The van der Waals surface area contributed by atoms with E-state index in [-0.39, 0.29) is 35.0 Å². The first-order valence-electron chi connectivity index (χ1n) is 18.0. The van der Waals surface area contributed by atoms with Gasteiger partial charge in [-0.05, 0) is 86.6 Å². The predicted molar refractivity (Wildman–Crippen MR) is 188 cm³/mol. The lowest BCUT2D eigenvalue weighted by Crippen LogP contribution is -2.73. The molecule has 3 aromatic carbocycles. The molecule has 0 amide bonds. The Hall–Kier alpha value is -3.39. The van der Waals surface area contributed by atoms with Crippen LogP contribution in [0.3, 0.4) is 0 Å². The van der Waals surface area contributed by atoms with E-state index in [2.05, 4.69) is 61.3 Å². The fraction of sp³-hybridized carbons (Fsp3) is 0.537. The van der Waals surface area contributed by atoms with Crippen LogP contribution in [0.25, 0.3) is 0 Å². The molecule has 2 heterocycles. The molecule has 2 aliphatic heterocycles. The van der Waals surface area contributed by atoms with Gasteiger partial charge >= 0.3 is 5.97 Å². The molecule has 1 spiro atoms. The minimum Gasteiger partial charge on any atom is -0.493 e. The normalized spacial score (nSPS) is 30.8. The second-order valence-electron chi connectivity index (χ2n) is 14.9. The van der Waals surface area contributed by atoms with E-state index in [0.717, 1.165) is 67.3 Å². The van der Waals surface area contributed by atoms with Crippen LogP contribution in [0.4, 0.5) is 0 Å². The predicted octanol–water partition coefficient (Wildman–Crippen LogP) is 7.48. The number of piperidine rings is 1. The van der Waals surface area contributed by atoms with Crippen molar-refractivity contribution in [2.75, 3.05) is 27.3 Å². The van der Waals surface area contributed by atoms with Crippen molar-refractivity contribution >= 4 is 5.97 Å². The van der Waals surface area contributed by atoms with Crippen molar-refractivity contribution < 1.29 is 24.1 Å². The van der Waals surface area contributed by atoms with E-state index in [4.69, 9.17) is 14.2 Å². The standard InChI is InChI=1S/C41H52N2O5/c1-6-21-40-24-31(34(29-13-9-7-10-14-29)42-35(39(44)45)30-15-11-8-12-16-30)36(47-5)38-41(40,22-23-43(27(40)3)25-28-18-19-28)33-26(2)17-20-32(46-4)37(33)48-38/h7-17,20,27-28,31,34-36,38,42H,6,18-19,21-25H2,1-5H3,(H,44,45)/t27?,31?,34-,35?,36?,38-,40+,41-/m0/s1. The molecule has 0 radical (unpaired) electrons. The molecule has 256 valence electrons. The maximum absolute atomic E-state index is 13.0. The van der Waals surface area contributed by atoms with Crippen LogP contribution in [0.5, 0.6) is 11.5 Å². The first-order valence-corrected chi connectivity index (χ1v) is 18.0. The van der Waals surface area contributed by atoms with Gasteiger partial charge in [-0.25, -0.2) is 0 Å². The van der Waals surface area contributed by atoms with Gasteiger partial charge in [0.2, 0.25) is 0 Å². The minimum absolute atomic E-state index is 0.0726. The van der Waals surface area contributed by atoms with Gasteiger partial charge in [-0.2, -0.15) is 0 Å². The van der Waals surface area contributed by atoms with Crippen molar-refractivity contribution in [2.45, 2.75) is 95.0 Å². The number of methoxy groups -OCH3 is 2. The van der Waals surface area contributed by atoms with Crippen molar-refractivity contribution in [2.24, 2.45) is 17.3 Å². The number of benzene rings is 3. The average molecular weight is 653 g/mol. The Balaban J connectivity index is 1.42. The number of nitrogens with one attached hydrogen (secondary N) is 1. The molecule has 2 aliphatic carbocycles. The highest BCUT2D eigenvalue weighted by Crippen LogP contribution is 2.70. The largest absolute Gasteiger partial charge is 0.493 e. The Morgan fingerprint density at radius 3 is 2.33 bits per heavy atom. The minimum atomic E-state index is -0.893. The number of carboxylic acids is 1. The van der Waals surface area contributed by atoms with Crippen molar-refractivity contribution in [1.82, 2.24) is 10.2 Å². The lowest BCUT2D eigenvalue weighted by molar-refractivity contribution is -0.191. The summed E-state index contributed by atoms with van der Waals surface area (Å²) in [5.74, 6) is 1.46. The summed E-state index contributed by atoms with van der Waals surface area (Å²) in [7, 11) is 3.55. The topological polar surface area (TPSA) is 80.3 Å². The fourth-order valence-electron chi connectivity index (χ4n) is 10.3. The van der Waals surface area contributed by atoms with Crippen LogP contribution in [0.15, 0.2) is 72.8 Å². The van der Waals surface area contributed by atoms with Gasteiger partial charge in [0.1, 0.15) is 12.1 Å². The molecule has 7 rings (SSSR count). The number of fused-ring (bicyclic) bond motifs is 1. The molecule has 3 aromatic rings. The molecular weight excluding hydrogens is 600 g/mol. The lowest BCUT2D eigenvalue weighted by atomic mass is 9.43. The number of nitrogens with zero attached hydrogens (tertiary/aromatic N) is 1. The van der Waals surface area contributed by atoms with Crippen LogP contribution in [0.1, 0.15) is 86.7 Å². The third kappa shape index (κ3) is 5.24. The number of likely N-dealkylation sites (tertiary alicyclic amines) is 1. The number of carbonyl (C=O) groups is 1. The zero-order valence-electron chi connectivity index (χ0n) is 29.2. The number of hydrogen-bond acceptors (Lipinski definition) is 6. The summed E-state index contributed by atoms with van der Waals surface area (Å²) in [4.78, 5) is 15.8. The molecule has 2 N–H and O–H groups in total. The maximum Gasteiger partial charge on any atom is 0.325 e. The Bertz CT molecular complexity index is 1600. The molecule has 4 unspecified atom stereocenters. The summed E-state index contributed by atoms with van der Waals surface area (Å²) in [6.07, 6.45) is 6.06. The zero-order chi connectivity index (χ0) is 33.6. The molecule has 2 saturated carbocycles. The number of hydrogen-bond donors (Lipinski definition) is 2. The van der Waals surface area contributed by atoms with Gasteiger partial charge in [0, 0.05) is 42.6 Å². The van der Waals surface area contributed by atoms with Crippen LogP contribution in [-0.2, 0) is 14.9 Å². The fourth-order valence-corrected chi connectivity index (χ4v) is 10.3. The second kappa shape index (κ2) is 13.1. The number of carboxylic acid groups (broad SMARTS) is 1. The Morgan fingerprint density at radius 1 is 1.04 bits per heavy atom. The van der Waals surface area contributed by atoms with Crippen molar-refractivity contribution in [3.05, 3.63) is 95.1 Å². The highest BCUT2D eigenvalue weighted by molar-refractivity contribution is 5.75. The number of ether oxygens (including phenoxy) is 3. The van der Waals surface area contributed by atoms with Crippen LogP contribution in [0.2, 0.25) is 0 Å². The summed E-state index contributed by atoms with van der Waals surface area (Å²) < 4.78 is 19.9. The Kier molecular flexibility index (Phi) is 9.07. The van der Waals surface area contributed by atoms with E-state index >= 15 is 0 Å². The highest BCUT2D eigenvalue weighted by atomic mass is 16.6. The van der Waals surface area contributed by atoms with Gasteiger partial charge in [0.15, 0.2) is 11.5 Å². The molecule has 0 aromatic heterocycles. The first kappa shape index (κ1) is 33.1. The van der Waals surface area contributed by atoms with E-state index in [1.54, 1.807) is 7.11 Å². The van der Waals surface area contributed by atoms with E-state index < -0.39 is 12.0 Å². The summed E-state index contributed by atoms with van der Waals surface area (Å²) in [6.45, 7) is 9.19. The third-order valence-electron chi connectivity index (χ3n) is 12.5. The molecule has 0 bridgehead atoms.